The van der Waals surface area contributed by atoms with Gasteiger partial charge >= 0.3 is 6.03 Å². The quantitative estimate of drug-likeness (QED) is 0.298. The monoisotopic (exact) mass is 455 g/mol. The number of nitrogens with zero attached hydrogens (tertiary/aromatic N) is 2. The van der Waals surface area contributed by atoms with Crippen molar-refractivity contribution in [1.82, 2.24) is 15.0 Å². The molecule has 7 nitrogen and oxygen atoms in total. The molecule has 1 fully saturated rings. The number of nitrogens with one attached hydrogen (secondary N) is 3. The predicted octanol–water partition coefficient (Wildman–Crippen LogP) is 6.04. The summed E-state index contributed by atoms with van der Waals surface area (Å²) < 4.78 is 0. The van der Waals surface area contributed by atoms with E-state index in [1.54, 1.807) is 36.4 Å². The van der Waals surface area contributed by atoms with E-state index in [1.165, 1.54) is 11.3 Å². The summed E-state index contributed by atoms with van der Waals surface area (Å²) in [5.41, 5.74) is 2.13. The minimum Gasteiger partial charge on any atom is -0.340 e. The lowest BCUT2D eigenvalue weighted by Crippen LogP contribution is -2.22. The Morgan fingerprint density at radius 2 is 2.03 bits per heavy atom. The minimum absolute atomic E-state index is 0.0556. The number of thioether (sulfide) groups is 1. The van der Waals surface area contributed by atoms with Crippen LogP contribution in [0.2, 0.25) is 0 Å². The average molecular weight is 456 g/mol. The van der Waals surface area contributed by atoms with Crippen LogP contribution in [0.3, 0.4) is 0 Å². The van der Waals surface area contributed by atoms with Gasteiger partial charge in [-0.25, -0.2) is 14.8 Å². The van der Waals surface area contributed by atoms with E-state index in [4.69, 9.17) is 0 Å². The number of Topliss-reactive ketones (excluding diaryl/α,β-unsaturated/α-hetero) is 1. The van der Waals surface area contributed by atoms with Gasteiger partial charge in [-0.05, 0) is 38.8 Å². The molecule has 1 aliphatic rings. The molecular formula is C22H25N5O2S2. The number of carbonyl (C=O) groups excluding carboxylic acids is 2. The first kappa shape index (κ1) is 21.6. The molecule has 1 unspecified atom stereocenters. The fourth-order valence-corrected chi connectivity index (χ4v) is 5.50. The second kappa shape index (κ2) is 9.65. The molecule has 0 bridgehead atoms. The average Bonchev–Trinajstić information content (AvgIpc) is 3.51. The van der Waals surface area contributed by atoms with E-state index in [0.29, 0.717) is 16.4 Å². The first-order chi connectivity index (χ1) is 15.0. The molecule has 9 heteroatoms. The van der Waals surface area contributed by atoms with Crippen LogP contribution in [0.5, 0.6) is 0 Å². The second-order valence-electron chi connectivity index (χ2n) is 7.70. The highest BCUT2D eigenvalue weighted by atomic mass is 32.2. The van der Waals surface area contributed by atoms with E-state index in [-0.39, 0.29) is 17.0 Å². The lowest BCUT2D eigenvalue weighted by atomic mass is 9.94. The van der Waals surface area contributed by atoms with E-state index in [0.717, 1.165) is 41.3 Å². The van der Waals surface area contributed by atoms with Crippen molar-refractivity contribution in [2.24, 2.45) is 5.92 Å². The molecule has 2 heterocycles. The van der Waals surface area contributed by atoms with Crippen LogP contribution in [-0.2, 0) is 0 Å². The number of benzene rings is 1. The second-order valence-corrected chi connectivity index (χ2v) is 10.1. The van der Waals surface area contributed by atoms with E-state index in [9.17, 15) is 9.59 Å². The summed E-state index contributed by atoms with van der Waals surface area (Å²) in [5, 5.41) is 7.13. The van der Waals surface area contributed by atoms with Gasteiger partial charge in [-0.3, -0.25) is 10.1 Å². The molecule has 4 rings (SSSR count). The summed E-state index contributed by atoms with van der Waals surface area (Å²) >= 11 is 3.02. The van der Waals surface area contributed by atoms with Gasteiger partial charge in [0, 0.05) is 40.2 Å². The first-order valence-corrected chi connectivity index (χ1v) is 12.0. The number of ketones is 1. The van der Waals surface area contributed by atoms with Crippen LogP contribution in [0.15, 0.2) is 41.9 Å². The summed E-state index contributed by atoms with van der Waals surface area (Å²) in [6, 6.07) is 5.16. The zero-order chi connectivity index (χ0) is 21.8. The number of hydrogen-bond donors (Lipinski definition) is 3. The van der Waals surface area contributed by atoms with Crippen molar-refractivity contribution in [2.45, 2.75) is 49.9 Å². The number of amides is 2. The van der Waals surface area contributed by atoms with Crippen molar-refractivity contribution in [3.8, 4) is 0 Å². The Balaban J connectivity index is 1.41. The Hall–Kier alpha value is -2.65. The molecule has 0 radical (unpaired) electrons. The number of imidazole rings is 1. The number of thiazole rings is 1. The summed E-state index contributed by atoms with van der Waals surface area (Å²) in [4.78, 5) is 38.2. The number of carbonyl (C=O) groups is 2. The van der Waals surface area contributed by atoms with E-state index >= 15 is 0 Å². The maximum absolute atomic E-state index is 13.0. The highest BCUT2D eigenvalue weighted by Gasteiger charge is 2.26. The number of aromatic nitrogens is 3. The van der Waals surface area contributed by atoms with Gasteiger partial charge in [-0.15, -0.1) is 11.3 Å². The van der Waals surface area contributed by atoms with E-state index < -0.39 is 6.03 Å². The van der Waals surface area contributed by atoms with Gasteiger partial charge in [0.2, 0.25) is 0 Å². The fourth-order valence-electron chi connectivity index (χ4n) is 3.70. The predicted molar refractivity (Wildman–Crippen MR) is 125 cm³/mol. The standard InChI is InChI=1S/C22H25N5O2S2/c1-13-7-8-17(16(11-13)19(28)15-5-3-4-6-15)26-20(29)27-22-25-12-18(31-22)14(2)30-21-23-9-10-24-21/h7-12,14-15H,3-6H2,1-2H3,(H,23,24)(H2,25,26,27,29). The maximum atomic E-state index is 13.0. The number of rotatable bonds is 7. The van der Waals surface area contributed by atoms with Crippen LogP contribution in [-0.4, -0.2) is 26.8 Å². The van der Waals surface area contributed by atoms with E-state index in [1.807, 2.05) is 19.1 Å². The van der Waals surface area contributed by atoms with E-state index in [2.05, 4.69) is 32.5 Å². The summed E-state index contributed by atoms with van der Waals surface area (Å²) in [6.45, 7) is 4.02. The molecule has 3 aromatic rings. The number of anilines is 2. The third kappa shape index (κ3) is 5.34. The third-order valence-electron chi connectivity index (χ3n) is 5.32. The first-order valence-electron chi connectivity index (χ1n) is 10.3. The van der Waals surface area contributed by atoms with Gasteiger partial charge in [0.05, 0.1) is 5.69 Å². The zero-order valence-corrected chi connectivity index (χ0v) is 19.1. The molecule has 2 amide bonds. The maximum Gasteiger partial charge on any atom is 0.325 e. The molecule has 0 spiro atoms. The Morgan fingerprint density at radius 3 is 2.77 bits per heavy atom. The molecule has 1 saturated carbocycles. The normalized spacial score (nSPS) is 15.0. The van der Waals surface area contributed by atoms with Gasteiger partial charge in [0.25, 0.3) is 0 Å². The van der Waals surface area contributed by atoms with Crippen molar-refractivity contribution < 1.29 is 9.59 Å². The van der Waals surface area contributed by atoms with Crippen molar-refractivity contribution in [3.63, 3.8) is 0 Å². The summed E-state index contributed by atoms with van der Waals surface area (Å²) in [6.07, 6.45) is 9.31. The molecule has 3 N–H and O–H groups in total. The number of aromatic amines is 1. The van der Waals surface area contributed by atoms with Crippen LogP contribution in [0.4, 0.5) is 15.6 Å². The number of aryl methyl sites for hydroxylation is 1. The van der Waals surface area contributed by atoms with Crippen LogP contribution in [0.25, 0.3) is 0 Å². The topological polar surface area (TPSA) is 99.8 Å². The smallest absolute Gasteiger partial charge is 0.325 e. The number of H-pyrrole nitrogens is 1. The molecule has 1 aliphatic carbocycles. The van der Waals surface area contributed by atoms with Crippen LogP contribution < -0.4 is 10.6 Å². The fraction of sp³-hybridized carbons (Fsp3) is 0.364. The van der Waals surface area contributed by atoms with Crippen molar-refractivity contribution in [3.05, 3.63) is 52.8 Å². The van der Waals surface area contributed by atoms with Crippen molar-refractivity contribution in [2.75, 3.05) is 10.6 Å². The molecule has 0 saturated heterocycles. The molecular weight excluding hydrogens is 430 g/mol. The number of urea groups is 1. The highest BCUT2D eigenvalue weighted by molar-refractivity contribution is 7.99. The Morgan fingerprint density at radius 1 is 1.23 bits per heavy atom. The Bertz CT molecular complexity index is 1060. The highest BCUT2D eigenvalue weighted by Crippen LogP contribution is 2.37. The molecule has 31 heavy (non-hydrogen) atoms. The van der Waals surface area contributed by atoms with Gasteiger partial charge in [-0.2, -0.15) is 0 Å². The lowest BCUT2D eigenvalue weighted by molar-refractivity contribution is 0.0923. The number of hydrogen-bond acceptors (Lipinski definition) is 6. The van der Waals surface area contributed by atoms with Crippen molar-refractivity contribution >= 4 is 45.7 Å². The SMILES string of the molecule is Cc1ccc(NC(=O)Nc2ncc(C(C)Sc3ncc[nH]3)s2)c(C(=O)C2CCCC2)c1. The Kier molecular flexibility index (Phi) is 6.72. The molecule has 162 valence electrons. The molecule has 1 aromatic carbocycles. The van der Waals surface area contributed by atoms with Crippen LogP contribution in [0.1, 0.15) is 58.7 Å². The van der Waals surface area contributed by atoms with Crippen molar-refractivity contribution in [1.29, 1.82) is 0 Å². The molecule has 0 aliphatic heterocycles. The van der Waals surface area contributed by atoms with Gasteiger partial charge in [0.1, 0.15) is 0 Å². The van der Waals surface area contributed by atoms with Gasteiger partial charge in [-0.1, -0.05) is 36.2 Å². The summed E-state index contributed by atoms with van der Waals surface area (Å²) in [7, 11) is 0. The summed E-state index contributed by atoms with van der Waals surface area (Å²) in [5.74, 6) is 0.178. The third-order valence-corrected chi connectivity index (χ3v) is 7.62. The van der Waals surface area contributed by atoms with Gasteiger partial charge < -0.3 is 10.3 Å². The largest absolute Gasteiger partial charge is 0.340 e. The Labute approximate surface area is 189 Å². The van der Waals surface area contributed by atoms with Crippen LogP contribution in [0, 0.1) is 12.8 Å². The molecule has 2 aromatic heterocycles. The van der Waals surface area contributed by atoms with Gasteiger partial charge in [0.15, 0.2) is 16.1 Å². The molecule has 1 atom stereocenters. The zero-order valence-electron chi connectivity index (χ0n) is 17.5. The van der Waals surface area contributed by atoms with Crippen LogP contribution >= 0.6 is 23.1 Å². The lowest BCUT2D eigenvalue weighted by Gasteiger charge is -2.14. The minimum atomic E-state index is -0.406.